The molecule has 6 rings (SSSR count). The fourth-order valence-corrected chi connectivity index (χ4v) is 11.3. The van der Waals surface area contributed by atoms with Gasteiger partial charge in [0.2, 0.25) is 0 Å². The van der Waals surface area contributed by atoms with Crippen molar-refractivity contribution in [3.63, 3.8) is 0 Å². The van der Waals surface area contributed by atoms with Gasteiger partial charge in [-0.05, 0) is 52.3 Å². The highest BCUT2D eigenvalue weighted by atomic mass is 32.2. The number of rotatable bonds is 14. The predicted octanol–water partition coefficient (Wildman–Crippen LogP) is 4.16. The molecular weight excluding hydrogens is 765 g/mol. The first-order valence-electron chi connectivity index (χ1n) is 18.5. The smallest absolute Gasteiger partial charge is 0.330 e. The maximum atomic E-state index is 14.4. The van der Waals surface area contributed by atoms with E-state index in [-0.39, 0.29) is 23.7 Å². The van der Waals surface area contributed by atoms with Crippen LogP contribution in [0.2, 0.25) is 0 Å². The molecule has 1 aliphatic heterocycles. The Morgan fingerprint density at radius 3 is 1.93 bits per heavy atom. The Morgan fingerprint density at radius 2 is 1.39 bits per heavy atom. The molecule has 0 bridgehead atoms. The molecule has 0 aliphatic carbocycles. The number of H-pyrrole nitrogens is 1. The van der Waals surface area contributed by atoms with Gasteiger partial charge in [-0.25, -0.2) is 4.79 Å². The Bertz CT molecular complexity index is 2350. The molecule has 0 spiro atoms. The normalized spacial score (nSPS) is 21.1. The molecule has 1 saturated heterocycles. The van der Waals surface area contributed by atoms with Gasteiger partial charge in [0.05, 0.1) is 23.7 Å². The van der Waals surface area contributed by atoms with Gasteiger partial charge in [0.15, 0.2) is 20.2 Å². The third-order valence-electron chi connectivity index (χ3n) is 9.58. The molecule has 5 aromatic rings. The highest BCUT2D eigenvalue weighted by Gasteiger charge is 2.71. The fourth-order valence-electron chi connectivity index (χ4n) is 6.88. The summed E-state index contributed by atoms with van der Waals surface area (Å²) in [6, 6.07) is 34.2. The second-order valence-electron chi connectivity index (χ2n) is 15.1. The summed E-state index contributed by atoms with van der Waals surface area (Å²) in [6.45, 7) is 9.05. The lowest BCUT2D eigenvalue weighted by Crippen LogP contribution is -2.69. The van der Waals surface area contributed by atoms with Crippen LogP contribution >= 0.6 is 0 Å². The van der Waals surface area contributed by atoms with Gasteiger partial charge < -0.3 is 18.9 Å². The van der Waals surface area contributed by atoms with Crippen molar-refractivity contribution in [1.82, 2.24) is 9.55 Å². The summed E-state index contributed by atoms with van der Waals surface area (Å²) in [4.78, 5) is 43.2. The second kappa shape index (κ2) is 16.9. The molecule has 0 saturated carbocycles. The zero-order chi connectivity index (χ0) is 41.0. The van der Waals surface area contributed by atoms with Crippen LogP contribution in [0.25, 0.3) is 0 Å². The first kappa shape index (κ1) is 41.7. The average molecular weight is 812 g/mol. The van der Waals surface area contributed by atoms with E-state index in [9.17, 15) is 22.8 Å². The highest BCUT2D eigenvalue weighted by Crippen LogP contribution is 2.48. The van der Waals surface area contributed by atoms with E-state index in [2.05, 4.69) is 4.98 Å². The van der Waals surface area contributed by atoms with Crippen molar-refractivity contribution >= 4 is 35.3 Å². The standard InChI is InChI=1S/C43H47N2O10SSi/c1-30-22-24-34(25-23-30)56(49,50)53-29-42(28-52-41(4,5)6)37(51-27-33-16-10-7-11-17-33)38(54-32(3)46)43(55-42,45-26-31(2)39(47)44-40(45)48)57(35-18-12-8-13-19-35)36-20-14-9-15-21-36/h7-26,37-38H,27-29H2,1-6H3,(H,44,47,48)/t37-,38+,42-,43-/m0/s1. The molecule has 4 atom stereocenters. The molecule has 12 nitrogen and oxygen atoms in total. The van der Waals surface area contributed by atoms with Gasteiger partial charge in [-0.3, -0.25) is 23.3 Å². The molecule has 1 aromatic heterocycles. The van der Waals surface area contributed by atoms with Crippen LogP contribution in [0.3, 0.4) is 0 Å². The molecule has 4 aromatic carbocycles. The van der Waals surface area contributed by atoms with E-state index in [1.807, 2.05) is 119 Å². The minimum Gasteiger partial charge on any atom is -0.455 e. The Hall–Kier alpha value is -4.96. The molecule has 57 heavy (non-hydrogen) atoms. The summed E-state index contributed by atoms with van der Waals surface area (Å²) < 4.78 is 62.4. The van der Waals surface area contributed by atoms with Crippen LogP contribution in [0.5, 0.6) is 0 Å². The lowest BCUT2D eigenvalue weighted by Gasteiger charge is -2.42. The van der Waals surface area contributed by atoms with Gasteiger partial charge in [0.1, 0.15) is 18.3 Å². The largest absolute Gasteiger partial charge is 0.455 e. The van der Waals surface area contributed by atoms with Crippen LogP contribution in [0.15, 0.2) is 136 Å². The monoisotopic (exact) mass is 811 g/mol. The number of nitrogens with one attached hydrogen (secondary N) is 1. The van der Waals surface area contributed by atoms with Crippen molar-refractivity contribution in [1.29, 1.82) is 0 Å². The van der Waals surface area contributed by atoms with Gasteiger partial charge in [0.25, 0.3) is 15.7 Å². The summed E-state index contributed by atoms with van der Waals surface area (Å²) in [5.74, 6) is -0.723. The number of hydrogen-bond donors (Lipinski definition) is 1. The van der Waals surface area contributed by atoms with E-state index in [4.69, 9.17) is 23.1 Å². The fraction of sp³-hybridized carbons (Fsp3) is 0.326. The molecule has 1 fully saturated rings. The van der Waals surface area contributed by atoms with Crippen molar-refractivity contribution in [2.75, 3.05) is 13.2 Å². The molecule has 14 heteroatoms. The summed E-state index contributed by atoms with van der Waals surface area (Å²) in [5, 5.41) is -0.515. The van der Waals surface area contributed by atoms with E-state index in [0.717, 1.165) is 21.5 Å². The van der Waals surface area contributed by atoms with Crippen LogP contribution in [0.4, 0.5) is 0 Å². The number of benzene rings is 4. The summed E-state index contributed by atoms with van der Waals surface area (Å²) >= 11 is 0. The zero-order valence-corrected chi connectivity index (χ0v) is 34.6. The van der Waals surface area contributed by atoms with Gasteiger partial charge in [-0.2, -0.15) is 8.42 Å². The van der Waals surface area contributed by atoms with Crippen molar-refractivity contribution in [3.8, 4) is 0 Å². The van der Waals surface area contributed by atoms with E-state index in [1.54, 1.807) is 19.1 Å². The van der Waals surface area contributed by atoms with E-state index in [1.165, 1.54) is 29.8 Å². The molecule has 0 unspecified atom stereocenters. The summed E-state index contributed by atoms with van der Waals surface area (Å²) in [6.07, 6.45) is -1.43. The molecule has 1 radical (unpaired) electrons. The van der Waals surface area contributed by atoms with Crippen LogP contribution in [-0.4, -0.2) is 69.4 Å². The maximum absolute atomic E-state index is 14.4. The summed E-state index contributed by atoms with van der Waals surface area (Å²) in [7, 11) is -7.02. The van der Waals surface area contributed by atoms with E-state index >= 15 is 0 Å². The lowest BCUT2D eigenvalue weighted by molar-refractivity contribution is -0.197. The first-order valence-corrected chi connectivity index (χ1v) is 21.4. The van der Waals surface area contributed by atoms with Crippen LogP contribution in [0, 0.1) is 13.8 Å². The van der Waals surface area contributed by atoms with Crippen LogP contribution in [0.1, 0.15) is 44.4 Å². The Morgan fingerprint density at radius 1 is 0.825 bits per heavy atom. The quantitative estimate of drug-likeness (QED) is 0.0984. The van der Waals surface area contributed by atoms with Crippen molar-refractivity contribution in [2.24, 2.45) is 0 Å². The van der Waals surface area contributed by atoms with Gasteiger partial charge in [0, 0.05) is 18.7 Å². The topological polar surface area (TPSA) is 152 Å². The molecule has 299 valence electrons. The minimum atomic E-state index is -4.44. The second-order valence-corrected chi connectivity index (χ2v) is 19.3. The Kier molecular flexibility index (Phi) is 12.3. The number of ether oxygens (including phenoxy) is 4. The van der Waals surface area contributed by atoms with E-state index in [0.29, 0.717) is 0 Å². The summed E-state index contributed by atoms with van der Waals surface area (Å²) in [5.41, 5.74) is -2.40. The Balaban J connectivity index is 1.70. The average Bonchev–Trinajstić information content (AvgIpc) is 3.43. The molecule has 0 amide bonds. The van der Waals surface area contributed by atoms with Crippen molar-refractivity contribution in [3.05, 3.63) is 159 Å². The zero-order valence-electron chi connectivity index (χ0n) is 32.8. The third kappa shape index (κ3) is 9.11. The molecule has 1 aliphatic rings. The van der Waals surface area contributed by atoms with Crippen molar-refractivity contribution < 1.29 is 36.3 Å². The number of aryl methyl sites for hydroxylation is 2. The molecule has 2 heterocycles. The molecular formula is C43H47N2O10SSi. The first-order chi connectivity index (χ1) is 27.0. The third-order valence-corrected chi connectivity index (χ3v) is 14.0. The maximum Gasteiger partial charge on any atom is 0.330 e. The minimum absolute atomic E-state index is 0.0387. The van der Waals surface area contributed by atoms with Crippen LogP contribution in [-0.2, 0) is 50.0 Å². The number of carbonyl (C=O) groups excluding carboxylic acids is 1. The SMILES string of the molecule is CC(=O)O[C@@H]1[C@H](OCc2ccccc2)[C@](COC(C)(C)C)(COS(=O)(=O)c2ccc(C)cc2)O[C@]1(n1cc(C)c(=O)[nH]c1=O)[Si](c1ccccc1)c1ccccc1. The number of esters is 1. The van der Waals surface area contributed by atoms with Crippen molar-refractivity contribution in [2.45, 2.75) is 81.8 Å². The van der Waals surface area contributed by atoms with E-state index < -0.39 is 71.5 Å². The van der Waals surface area contributed by atoms with Gasteiger partial charge >= 0.3 is 11.7 Å². The van der Waals surface area contributed by atoms with Gasteiger partial charge in [-0.1, -0.05) is 119 Å². The number of carbonyl (C=O) groups is 1. The molecule has 1 N–H and O–H groups in total. The highest BCUT2D eigenvalue weighted by molar-refractivity contribution is 7.86. The number of aromatic nitrogens is 2. The van der Waals surface area contributed by atoms with Gasteiger partial charge in [-0.15, -0.1) is 0 Å². The Labute approximate surface area is 334 Å². The number of aromatic amines is 1. The number of nitrogens with zero attached hydrogens (tertiary/aromatic N) is 1. The number of hydrogen-bond acceptors (Lipinski definition) is 10. The predicted molar refractivity (Wildman–Crippen MR) is 216 cm³/mol. The van der Waals surface area contributed by atoms with Crippen LogP contribution < -0.4 is 21.6 Å². The lowest BCUT2D eigenvalue weighted by atomic mass is 9.95.